The third-order valence-electron chi connectivity index (χ3n) is 16.8. The lowest BCUT2D eigenvalue weighted by molar-refractivity contribution is -0.888. The lowest BCUT2D eigenvalue weighted by atomic mass is 9.67. The lowest BCUT2D eigenvalue weighted by Gasteiger charge is -2.34. The smallest absolute Gasteiger partial charge is 0.119 e. The lowest BCUT2D eigenvalue weighted by Crippen LogP contribution is -2.40. The highest BCUT2D eigenvalue weighted by Crippen LogP contribution is 2.59. The fraction of sp³-hybridized carbons (Fsp3) is 0.257. The molecule has 0 radical (unpaired) electrons. The van der Waals surface area contributed by atoms with Crippen LogP contribution in [0, 0.1) is 0 Å². The van der Waals surface area contributed by atoms with Crippen LogP contribution in [0.4, 0.5) is 0 Å². The first-order valence-electron chi connectivity index (χ1n) is 27.3. The van der Waals surface area contributed by atoms with Gasteiger partial charge in [0.25, 0.3) is 0 Å². The molecule has 0 aromatic heterocycles. The summed E-state index contributed by atoms with van der Waals surface area (Å²) in [6.07, 6.45) is 3.04. The molecule has 0 heterocycles. The number of fused-ring (bicyclic) bond motifs is 7. The minimum atomic E-state index is -0.664. The standard InChI is InChI=1S/C70H70NO4/c1-9-69(10-2)65-43-52(48-15-16-50-42-60(30-19-49(50)41-48)75-40-14-39-71(6,7)11-3)21-35-61(65)62-36-22-53(44-66(62)69)54-23-38-64-63-37-20-51(47-17-28-57(72-8)29-18-47)45-67(63)70(68(64)46-54,55-24-31-58(32-25-55)73-12-4)56-26-33-59(34-27-56)74-13-5/h15-38,41-46H,9-14,39-40H2,1-8H3/q+1. The van der Waals surface area contributed by atoms with Gasteiger partial charge in [-0.15, -0.1) is 0 Å². The Kier molecular flexibility index (Phi) is 13.4. The van der Waals surface area contributed by atoms with Gasteiger partial charge in [0.2, 0.25) is 0 Å². The SMILES string of the molecule is CCOc1ccc(C2(c3ccc(OCC)cc3)c3cc(-c4ccc(OC)cc4)ccc3-c3ccc(-c4ccc5c(c4)C(CC)(CC)c4cc(-c6ccc7cc(OCCC[N+](C)(C)CC)ccc7c6)ccc4-5)cc32)cc1. The summed E-state index contributed by atoms with van der Waals surface area (Å²) in [5.41, 5.74) is 19.2. The Hall–Kier alpha value is -7.60. The second-order valence-corrected chi connectivity index (χ2v) is 21.1. The Morgan fingerprint density at radius 1 is 0.387 bits per heavy atom. The maximum atomic E-state index is 6.24. The Bertz CT molecular complexity index is 3480. The van der Waals surface area contributed by atoms with Crippen molar-refractivity contribution < 1.29 is 23.4 Å². The zero-order valence-electron chi connectivity index (χ0n) is 45.1. The van der Waals surface area contributed by atoms with Gasteiger partial charge in [-0.05, 0) is 212 Å². The van der Waals surface area contributed by atoms with Crippen molar-refractivity contribution >= 4 is 10.8 Å². The van der Waals surface area contributed by atoms with Crippen molar-refractivity contribution in [3.8, 4) is 78.6 Å². The van der Waals surface area contributed by atoms with Crippen molar-refractivity contribution in [1.82, 2.24) is 0 Å². The first-order chi connectivity index (χ1) is 36.6. The number of hydrogen-bond acceptors (Lipinski definition) is 4. The predicted molar refractivity (Wildman–Crippen MR) is 311 cm³/mol. The van der Waals surface area contributed by atoms with E-state index < -0.39 is 5.41 Å². The van der Waals surface area contributed by atoms with Gasteiger partial charge >= 0.3 is 0 Å². The molecule has 0 fully saturated rings. The van der Waals surface area contributed by atoms with Crippen LogP contribution >= 0.6 is 0 Å². The van der Waals surface area contributed by atoms with Crippen molar-refractivity contribution in [2.45, 2.75) is 64.7 Å². The van der Waals surface area contributed by atoms with Gasteiger partial charge in [-0.25, -0.2) is 0 Å². The fourth-order valence-electron chi connectivity index (χ4n) is 12.4. The highest BCUT2D eigenvalue weighted by molar-refractivity contribution is 5.93. The van der Waals surface area contributed by atoms with E-state index in [-0.39, 0.29) is 5.41 Å². The van der Waals surface area contributed by atoms with Crippen molar-refractivity contribution in [3.05, 3.63) is 215 Å². The van der Waals surface area contributed by atoms with E-state index in [1.165, 1.54) is 88.7 Å². The van der Waals surface area contributed by atoms with Crippen LogP contribution in [-0.4, -0.2) is 58.6 Å². The van der Waals surface area contributed by atoms with Crippen LogP contribution in [0.3, 0.4) is 0 Å². The number of ether oxygens (including phenoxy) is 4. The topological polar surface area (TPSA) is 36.9 Å². The van der Waals surface area contributed by atoms with Crippen molar-refractivity contribution in [2.75, 3.05) is 54.1 Å². The molecule has 0 aliphatic heterocycles. The second-order valence-electron chi connectivity index (χ2n) is 21.1. The van der Waals surface area contributed by atoms with E-state index >= 15 is 0 Å². The first-order valence-corrected chi connectivity index (χ1v) is 27.3. The van der Waals surface area contributed by atoms with Crippen LogP contribution in [-0.2, 0) is 10.8 Å². The van der Waals surface area contributed by atoms with E-state index in [1.54, 1.807) is 7.11 Å². The van der Waals surface area contributed by atoms with E-state index in [0.717, 1.165) is 77.6 Å². The van der Waals surface area contributed by atoms with Crippen LogP contribution in [0.5, 0.6) is 23.0 Å². The summed E-state index contributed by atoms with van der Waals surface area (Å²) in [4.78, 5) is 0. The van der Waals surface area contributed by atoms with Gasteiger partial charge in [0.05, 0.1) is 59.5 Å². The highest BCUT2D eigenvalue weighted by Gasteiger charge is 2.47. The van der Waals surface area contributed by atoms with Gasteiger partial charge in [0.1, 0.15) is 23.0 Å². The zero-order chi connectivity index (χ0) is 51.9. The predicted octanol–water partition coefficient (Wildman–Crippen LogP) is 17.0. The van der Waals surface area contributed by atoms with E-state index in [0.29, 0.717) is 13.2 Å². The minimum absolute atomic E-state index is 0.135. The van der Waals surface area contributed by atoms with Crippen molar-refractivity contribution in [2.24, 2.45) is 0 Å². The first kappa shape index (κ1) is 49.6. The average Bonchev–Trinajstić information content (AvgIpc) is 3.94. The maximum absolute atomic E-state index is 6.24. The molecule has 0 saturated carbocycles. The number of benzene rings is 9. The molecule has 0 N–H and O–H groups in total. The Morgan fingerprint density at radius 2 is 0.787 bits per heavy atom. The number of nitrogens with zero attached hydrogens (tertiary/aromatic N) is 1. The van der Waals surface area contributed by atoms with Gasteiger partial charge in [-0.1, -0.05) is 117 Å². The Balaban J connectivity index is 0.991. The molecule has 0 unspecified atom stereocenters. The molecule has 75 heavy (non-hydrogen) atoms. The van der Waals surface area contributed by atoms with Gasteiger partial charge < -0.3 is 23.4 Å². The molecule has 5 heteroatoms. The monoisotopic (exact) mass is 989 g/mol. The summed E-state index contributed by atoms with van der Waals surface area (Å²) in [6.45, 7) is 15.2. The molecule has 0 bridgehead atoms. The van der Waals surface area contributed by atoms with Crippen molar-refractivity contribution in [3.63, 3.8) is 0 Å². The number of hydrogen-bond donors (Lipinski definition) is 0. The molecule has 9 aromatic rings. The van der Waals surface area contributed by atoms with E-state index in [9.17, 15) is 0 Å². The molecule has 0 spiro atoms. The van der Waals surface area contributed by atoms with Crippen LogP contribution in [0.15, 0.2) is 182 Å². The molecule has 0 atom stereocenters. The van der Waals surface area contributed by atoms with Crippen molar-refractivity contribution in [1.29, 1.82) is 0 Å². The third-order valence-corrected chi connectivity index (χ3v) is 16.8. The largest absolute Gasteiger partial charge is 0.497 e. The molecule has 5 nitrogen and oxygen atoms in total. The summed E-state index contributed by atoms with van der Waals surface area (Å²) in [5.74, 6) is 3.49. The van der Waals surface area contributed by atoms with Gasteiger partial charge in [-0.2, -0.15) is 0 Å². The van der Waals surface area contributed by atoms with Crippen LogP contribution in [0.2, 0.25) is 0 Å². The Labute approximate surface area is 444 Å². The average molecular weight is 989 g/mol. The molecule has 2 aliphatic rings. The summed E-state index contributed by atoms with van der Waals surface area (Å²) in [6, 6.07) is 68.1. The maximum Gasteiger partial charge on any atom is 0.119 e. The quantitative estimate of drug-likeness (QED) is 0.0634. The molecule has 0 amide bonds. The summed E-state index contributed by atoms with van der Waals surface area (Å²) < 4.78 is 24.9. The summed E-state index contributed by atoms with van der Waals surface area (Å²) in [5, 5.41) is 2.42. The normalized spacial score (nSPS) is 13.7. The van der Waals surface area contributed by atoms with Crippen LogP contribution < -0.4 is 18.9 Å². The van der Waals surface area contributed by atoms with E-state index in [2.05, 4.69) is 205 Å². The number of methoxy groups -OCH3 is 1. The molecule has 9 aromatic carbocycles. The Morgan fingerprint density at radius 3 is 1.27 bits per heavy atom. The van der Waals surface area contributed by atoms with Gasteiger partial charge in [0, 0.05) is 11.8 Å². The molecule has 2 aliphatic carbocycles. The summed E-state index contributed by atoms with van der Waals surface area (Å²) >= 11 is 0. The highest BCUT2D eigenvalue weighted by atomic mass is 16.5. The summed E-state index contributed by atoms with van der Waals surface area (Å²) in [7, 11) is 6.28. The molecule has 11 rings (SSSR count). The van der Waals surface area contributed by atoms with E-state index in [1.807, 2.05) is 26.0 Å². The number of rotatable bonds is 18. The zero-order valence-corrected chi connectivity index (χ0v) is 45.1. The fourth-order valence-corrected chi connectivity index (χ4v) is 12.4. The van der Waals surface area contributed by atoms with Gasteiger partial charge in [0.15, 0.2) is 0 Å². The van der Waals surface area contributed by atoms with Gasteiger partial charge in [-0.3, -0.25) is 0 Å². The molecule has 378 valence electrons. The second kappa shape index (κ2) is 20.3. The molecular weight excluding hydrogens is 919 g/mol. The van der Waals surface area contributed by atoms with Crippen LogP contribution in [0.1, 0.15) is 87.3 Å². The molecule has 0 saturated heterocycles. The molecular formula is C70H70NO4+. The minimum Gasteiger partial charge on any atom is -0.497 e. The third kappa shape index (κ3) is 8.75. The van der Waals surface area contributed by atoms with E-state index in [4.69, 9.17) is 18.9 Å². The van der Waals surface area contributed by atoms with Crippen LogP contribution in [0.25, 0.3) is 66.4 Å². The number of quaternary nitrogens is 1.